The summed E-state index contributed by atoms with van der Waals surface area (Å²) in [5.41, 5.74) is 5.58. The minimum Gasteiger partial charge on any atom is -0.328 e. The fourth-order valence-corrected chi connectivity index (χ4v) is 1.18. The smallest absolute Gasteiger partial charge is 0.135 e. The molecule has 66 valence electrons. The first kappa shape index (κ1) is 10.6. The lowest BCUT2D eigenvalue weighted by molar-refractivity contribution is -0.122. The highest BCUT2D eigenvalue weighted by atomic mass is 16.1. The third-order valence-electron chi connectivity index (χ3n) is 1.77. The lowest BCUT2D eigenvalue weighted by Crippen LogP contribution is -2.22. The van der Waals surface area contributed by atoms with Crippen LogP contribution in [0.5, 0.6) is 0 Å². The monoisotopic (exact) mass is 157 g/mol. The summed E-state index contributed by atoms with van der Waals surface area (Å²) in [5.74, 6) is 0.500. The number of ketones is 1. The van der Waals surface area contributed by atoms with Gasteiger partial charge in [-0.3, -0.25) is 4.79 Å². The number of rotatable bonds is 5. The second kappa shape index (κ2) is 5.30. The van der Waals surface area contributed by atoms with Gasteiger partial charge < -0.3 is 5.73 Å². The van der Waals surface area contributed by atoms with Gasteiger partial charge in [-0.05, 0) is 19.8 Å². The van der Waals surface area contributed by atoms with E-state index in [-0.39, 0.29) is 12.0 Å². The quantitative estimate of drug-likeness (QED) is 0.660. The lowest BCUT2D eigenvalue weighted by atomic mass is 9.96. The zero-order valence-electron chi connectivity index (χ0n) is 7.76. The summed E-state index contributed by atoms with van der Waals surface area (Å²) in [6.45, 7) is 5.92. The van der Waals surface area contributed by atoms with Gasteiger partial charge in [0.15, 0.2) is 0 Å². The van der Waals surface area contributed by atoms with Gasteiger partial charge in [-0.25, -0.2) is 0 Å². The van der Waals surface area contributed by atoms with Crippen LogP contribution in [-0.2, 0) is 4.79 Å². The number of nitrogens with two attached hydrogens (primary N) is 1. The molecule has 0 aromatic carbocycles. The van der Waals surface area contributed by atoms with Crippen LogP contribution in [0.3, 0.4) is 0 Å². The summed E-state index contributed by atoms with van der Waals surface area (Å²) < 4.78 is 0. The zero-order valence-corrected chi connectivity index (χ0v) is 7.76. The Hall–Kier alpha value is -0.370. The summed E-state index contributed by atoms with van der Waals surface area (Å²) in [6, 6.07) is 0.144. The average molecular weight is 157 g/mol. The minimum atomic E-state index is 0.144. The summed E-state index contributed by atoms with van der Waals surface area (Å²) in [7, 11) is 0. The van der Waals surface area contributed by atoms with Crippen LogP contribution < -0.4 is 5.73 Å². The van der Waals surface area contributed by atoms with Crippen LogP contribution in [0.2, 0.25) is 0 Å². The van der Waals surface area contributed by atoms with Crippen LogP contribution in [-0.4, -0.2) is 11.8 Å². The predicted molar refractivity (Wildman–Crippen MR) is 47.3 cm³/mol. The Bertz CT molecular complexity index is 121. The van der Waals surface area contributed by atoms with Gasteiger partial charge in [-0.1, -0.05) is 13.8 Å². The molecule has 2 nitrogen and oxygen atoms in total. The Labute approximate surface area is 69.2 Å². The first-order valence-electron chi connectivity index (χ1n) is 4.36. The van der Waals surface area contributed by atoms with E-state index in [1.54, 1.807) is 0 Å². The van der Waals surface area contributed by atoms with Crippen molar-refractivity contribution in [3.63, 3.8) is 0 Å². The fraction of sp³-hybridized carbons (Fsp3) is 0.889. The van der Waals surface area contributed by atoms with Crippen molar-refractivity contribution in [1.29, 1.82) is 0 Å². The molecule has 0 aromatic rings. The van der Waals surface area contributed by atoms with Gasteiger partial charge in [-0.2, -0.15) is 0 Å². The Balaban J connectivity index is 3.64. The third kappa shape index (κ3) is 4.96. The Morgan fingerprint density at radius 3 is 2.36 bits per heavy atom. The molecule has 2 heteroatoms. The van der Waals surface area contributed by atoms with Crippen molar-refractivity contribution in [1.82, 2.24) is 0 Å². The summed E-state index contributed by atoms with van der Waals surface area (Å²) >= 11 is 0. The number of hydrogen-bond donors (Lipinski definition) is 1. The first-order valence-corrected chi connectivity index (χ1v) is 4.36. The lowest BCUT2D eigenvalue weighted by Gasteiger charge is -2.11. The van der Waals surface area contributed by atoms with Gasteiger partial charge in [-0.15, -0.1) is 0 Å². The van der Waals surface area contributed by atoms with Crippen molar-refractivity contribution in [2.24, 2.45) is 11.7 Å². The summed E-state index contributed by atoms with van der Waals surface area (Å²) in [6.07, 6.45) is 2.47. The highest BCUT2D eigenvalue weighted by molar-refractivity contribution is 5.80. The van der Waals surface area contributed by atoms with E-state index in [1.165, 1.54) is 0 Å². The number of hydrogen-bond acceptors (Lipinski definition) is 2. The Morgan fingerprint density at radius 1 is 1.45 bits per heavy atom. The number of Topliss-reactive ketones (excluding diaryl/α,β-unsaturated/α-hetero) is 1. The minimum absolute atomic E-state index is 0.144. The van der Waals surface area contributed by atoms with Crippen LogP contribution in [0.15, 0.2) is 0 Å². The molecule has 0 rings (SSSR count). The molecule has 0 heterocycles. The van der Waals surface area contributed by atoms with Gasteiger partial charge in [0.1, 0.15) is 5.78 Å². The third-order valence-corrected chi connectivity index (χ3v) is 1.77. The van der Waals surface area contributed by atoms with Gasteiger partial charge in [0.05, 0.1) is 0 Å². The zero-order chi connectivity index (χ0) is 8.85. The molecule has 0 aliphatic heterocycles. The Morgan fingerprint density at radius 2 is 2.00 bits per heavy atom. The first-order chi connectivity index (χ1) is 5.07. The Kier molecular flexibility index (Phi) is 5.12. The maximum absolute atomic E-state index is 11.2. The van der Waals surface area contributed by atoms with Gasteiger partial charge in [0, 0.05) is 18.4 Å². The molecule has 11 heavy (non-hydrogen) atoms. The van der Waals surface area contributed by atoms with Gasteiger partial charge in [0.2, 0.25) is 0 Å². The van der Waals surface area contributed by atoms with Crippen molar-refractivity contribution in [3.8, 4) is 0 Å². The van der Waals surface area contributed by atoms with Crippen molar-refractivity contribution in [2.45, 2.75) is 46.1 Å². The molecule has 0 bridgehead atoms. The van der Waals surface area contributed by atoms with E-state index < -0.39 is 0 Å². The standard InChI is InChI=1S/C9H19NO/c1-4-5-9(11)7(2)6-8(3)10/h7-8H,4-6,10H2,1-3H3. The maximum Gasteiger partial charge on any atom is 0.135 e. The van der Waals surface area contributed by atoms with E-state index in [0.29, 0.717) is 12.2 Å². The highest BCUT2D eigenvalue weighted by Gasteiger charge is 2.12. The topological polar surface area (TPSA) is 43.1 Å². The molecule has 0 saturated heterocycles. The second-order valence-corrected chi connectivity index (χ2v) is 3.33. The van der Waals surface area contributed by atoms with E-state index in [9.17, 15) is 4.79 Å². The summed E-state index contributed by atoms with van der Waals surface area (Å²) in [4.78, 5) is 11.2. The molecule has 2 atom stereocenters. The second-order valence-electron chi connectivity index (χ2n) is 3.33. The number of carbonyl (C=O) groups is 1. The molecule has 0 fully saturated rings. The van der Waals surface area contributed by atoms with E-state index in [2.05, 4.69) is 0 Å². The van der Waals surface area contributed by atoms with Crippen molar-refractivity contribution in [2.75, 3.05) is 0 Å². The SMILES string of the molecule is CCCC(=O)C(C)CC(C)N. The molecule has 0 amide bonds. The summed E-state index contributed by atoms with van der Waals surface area (Å²) in [5, 5.41) is 0. The van der Waals surface area contributed by atoms with Gasteiger partial charge in [0.25, 0.3) is 0 Å². The van der Waals surface area contributed by atoms with Crippen LogP contribution in [0.25, 0.3) is 0 Å². The molecule has 0 saturated carbocycles. The van der Waals surface area contributed by atoms with Crippen molar-refractivity contribution < 1.29 is 4.79 Å². The molecule has 2 N–H and O–H groups in total. The molecular formula is C9H19NO. The van der Waals surface area contributed by atoms with Crippen molar-refractivity contribution >= 4 is 5.78 Å². The van der Waals surface area contributed by atoms with Crippen LogP contribution in [0.1, 0.15) is 40.0 Å². The normalized spacial score (nSPS) is 16.0. The molecular weight excluding hydrogens is 138 g/mol. The van der Waals surface area contributed by atoms with E-state index in [0.717, 1.165) is 12.8 Å². The van der Waals surface area contributed by atoms with Gasteiger partial charge >= 0.3 is 0 Å². The highest BCUT2D eigenvalue weighted by Crippen LogP contribution is 2.08. The van der Waals surface area contributed by atoms with E-state index in [1.807, 2.05) is 20.8 Å². The average Bonchev–Trinajstić information content (AvgIpc) is 1.86. The number of carbonyl (C=O) groups excluding carboxylic acids is 1. The van der Waals surface area contributed by atoms with E-state index in [4.69, 9.17) is 5.73 Å². The largest absolute Gasteiger partial charge is 0.328 e. The van der Waals surface area contributed by atoms with E-state index >= 15 is 0 Å². The predicted octanol–water partition coefficient (Wildman–Crippen LogP) is 1.73. The van der Waals surface area contributed by atoms with Crippen LogP contribution in [0.4, 0.5) is 0 Å². The van der Waals surface area contributed by atoms with Crippen LogP contribution in [0, 0.1) is 5.92 Å². The molecule has 2 unspecified atom stereocenters. The molecule has 0 spiro atoms. The maximum atomic E-state index is 11.2. The molecule has 0 aromatic heterocycles. The van der Waals surface area contributed by atoms with Crippen LogP contribution >= 0.6 is 0 Å². The fourth-order valence-electron chi connectivity index (χ4n) is 1.18. The molecule has 0 radical (unpaired) electrons. The molecule has 0 aliphatic carbocycles. The van der Waals surface area contributed by atoms with Crippen molar-refractivity contribution in [3.05, 3.63) is 0 Å². The molecule has 0 aliphatic rings.